The van der Waals surface area contributed by atoms with Crippen LogP contribution in [0.15, 0.2) is 97.3 Å². The van der Waals surface area contributed by atoms with Crippen molar-refractivity contribution in [2.24, 2.45) is 0 Å². The second-order valence-electron chi connectivity index (χ2n) is 9.41. The van der Waals surface area contributed by atoms with E-state index in [2.05, 4.69) is 16.0 Å². The van der Waals surface area contributed by atoms with Gasteiger partial charge in [0, 0.05) is 47.2 Å². The standard InChI is InChI=1S/C32H26N6O3/c1-20(34)29(21(2)39)24-16-26-30(37-17-24)25(22-10-12-23(13-11-22)31(40)41-3)18-38(26)32(19-33,27-8-4-6-14-35-27)28-9-5-7-15-36-28/h4-18,34,39H,1-3H3/b29-21+,34-20?. The molecule has 2 N–H and O–H groups in total. The molecule has 9 nitrogen and oxygen atoms in total. The number of hydrogen-bond donors (Lipinski definition) is 2. The number of nitriles is 1. The number of benzene rings is 1. The molecule has 0 saturated carbocycles. The first kappa shape index (κ1) is 27.0. The summed E-state index contributed by atoms with van der Waals surface area (Å²) in [6.07, 6.45) is 6.68. The molecule has 1 aromatic carbocycles. The van der Waals surface area contributed by atoms with Crippen molar-refractivity contribution in [1.82, 2.24) is 19.5 Å². The molecule has 0 atom stereocenters. The normalized spacial score (nSPS) is 12.0. The van der Waals surface area contributed by atoms with Crippen LogP contribution < -0.4 is 0 Å². The number of rotatable bonds is 7. The zero-order chi connectivity index (χ0) is 29.1. The molecule has 0 unspecified atom stereocenters. The van der Waals surface area contributed by atoms with Crippen molar-refractivity contribution in [3.05, 3.63) is 120 Å². The third-order valence-corrected chi connectivity index (χ3v) is 6.88. The van der Waals surface area contributed by atoms with Crippen molar-refractivity contribution in [1.29, 1.82) is 10.7 Å². The lowest BCUT2D eigenvalue weighted by atomic mass is 9.90. The van der Waals surface area contributed by atoms with Crippen LogP contribution in [0.25, 0.3) is 27.7 Å². The highest BCUT2D eigenvalue weighted by Gasteiger charge is 2.41. The maximum Gasteiger partial charge on any atom is 0.337 e. The second kappa shape index (κ2) is 10.9. The highest BCUT2D eigenvalue weighted by atomic mass is 16.5. The highest BCUT2D eigenvalue weighted by molar-refractivity contribution is 6.22. The van der Waals surface area contributed by atoms with Crippen LogP contribution in [-0.2, 0) is 10.3 Å². The van der Waals surface area contributed by atoms with Crippen molar-refractivity contribution >= 4 is 28.3 Å². The van der Waals surface area contributed by atoms with Gasteiger partial charge in [0.2, 0.25) is 5.54 Å². The highest BCUT2D eigenvalue weighted by Crippen LogP contribution is 2.40. The third-order valence-electron chi connectivity index (χ3n) is 6.88. The fraction of sp³-hybridized carbons (Fsp3) is 0.125. The number of nitrogens with zero attached hydrogens (tertiary/aromatic N) is 5. The van der Waals surface area contributed by atoms with Gasteiger partial charge in [0.1, 0.15) is 6.07 Å². The molecule has 0 fully saturated rings. The van der Waals surface area contributed by atoms with Crippen molar-refractivity contribution in [2.75, 3.05) is 7.11 Å². The number of aliphatic hydroxyl groups excluding tert-OH is 1. The van der Waals surface area contributed by atoms with Crippen LogP contribution >= 0.6 is 0 Å². The number of hydrogen-bond acceptors (Lipinski definition) is 8. The molecule has 0 amide bonds. The number of fused-ring (bicyclic) bond motifs is 1. The van der Waals surface area contributed by atoms with Crippen molar-refractivity contribution in [3.8, 4) is 17.2 Å². The Morgan fingerprint density at radius 2 is 1.61 bits per heavy atom. The van der Waals surface area contributed by atoms with Gasteiger partial charge in [-0.15, -0.1) is 0 Å². The molecule has 4 aromatic heterocycles. The topological polar surface area (TPSA) is 138 Å². The molecule has 0 saturated heterocycles. The molecule has 0 radical (unpaired) electrons. The number of aliphatic hydroxyl groups is 1. The first-order chi connectivity index (χ1) is 19.8. The molecule has 4 heterocycles. The molecule has 41 heavy (non-hydrogen) atoms. The maximum atomic E-state index is 12.0. The van der Waals surface area contributed by atoms with Gasteiger partial charge in [0.25, 0.3) is 0 Å². The smallest absolute Gasteiger partial charge is 0.337 e. The number of carbonyl (C=O) groups is 1. The number of pyridine rings is 3. The lowest BCUT2D eigenvalue weighted by Gasteiger charge is -2.28. The number of ether oxygens (including phenoxy) is 1. The number of carbonyl (C=O) groups excluding carboxylic acids is 1. The number of nitrogens with one attached hydrogen (secondary N) is 1. The average Bonchev–Trinajstić information content (AvgIpc) is 3.37. The molecule has 5 rings (SSSR count). The quantitative estimate of drug-likeness (QED) is 0.148. The van der Waals surface area contributed by atoms with Gasteiger partial charge in [-0.2, -0.15) is 5.26 Å². The molecule has 5 aromatic rings. The van der Waals surface area contributed by atoms with Crippen LogP contribution in [0, 0.1) is 16.7 Å². The minimum Gasteiger partial charge on any atom is -0.512 e. The van der Waals surface area contributed by atoms with Crippen LogP contribution in [-0.4, -0.2) is 43.4 Å². The van der Waals surface area contributed by atoms with Gasteiger partial charge in [0.15, 0.2) is 0 Å². The predicted molar refractivity (Wildman–Crippen MR) is 155 cm³/mol. The fourth-order valence-corrected chi connectivity index (χ4v) is 5.03. The lowest BCUT2D eigenvalue weighted by Crippen LogP contribution is -2.36. The van der Waals surface area contributed by atoms with E-state index in [1.54, 1.807) is 84.7 Å². The summed E-state index contributed by atoms with van der Waals surface area (Å²) >= 11 is 0. The van der Waals surface area contributed by atoms with E-state index in [9.17, 15) is 15.2 Å². The van der Waals surface area contributed by atoms with E-state index in [1.165, 1.54) is 14.0 Å². The maximum absolute atomic E-state index is 12.0. The summed E-state index contributed by atoms with van der Waals surface area (Å²) in [5, 5.41) is 29.6. The van der Waals surface area contributed by atoms with E-state index in [0.29, 0.717) is 44.7 Å². The molecular weight excluding hydrogens is 516 g/mol. The number of allylic oxidation sites excluding steroid dienone is 2. The molecule has 0 aliphatic heterocycles. The summed E-state index contributed by atoms with van der Waals surface area (Å²) in [6.45, 7) is 3.11. The van der Waals surface area contributed by atoms with Crippen LogP contribution in [0.5, 0.6) is 0 Å². The van der Waals surface area contributed by atoms with E-state index < -0.39 is 11.5 Å². The van der Waals surface area contributed by atoms with Gasteiger partial charge in [-0.05, 0) is 61.9 Å². The SMILES string of the molecule is COC(=O)c1ccc(-c2cn(C(C#N)(c3ccccn3)c3ccccn3)c3cc(/C(C(C)=N)=C(\C)O)cnc23)cc1. The Hall–Kier alpha value is -5.62. The largest absolute Gasteiger partial charge is 0.512 e. The summed E-state index contributed by atoms with van der Waals surface area (Å²) in [6, 6.07) is 22.0. The first-order valence-electron chi connectivity index (χ1n) is 12.7. The average molecular weight is 543 g/mol. The first-order valence-corrected chi connectivity index (χ1v) is 12.7. The molecule has 0 bridgehead atoms. The van der Waals surface area contributed by atoms with E-state index >= 15 is 0 Å². The van der Waals surface area contributed by atoms with E-state index in [1.807, 2.05) is 18.3 Å². The Morgan fingerprint density at radius 3 is 2.10 bits per heavy atom. The molecule has 0 aliphatic carbocycles. The minimum atomic E-state index is -1.50. The zero-order valence-electron chi connectivity index (χ0n) is 22.7. The fourth-order valence-electron chi connectivity index (χ4n) is 5.03. The third kappa shape index (κ3) is 4.61. The Balaban J connectivity index is 1.89. The predicted octanol–water partition coefficient (Wildman–Crippen LogP) is 5.92. The van der Waals surface area contributed by atoms with E-state index in [0.717, 1.165) is 5.56 Å². The monoisotopic (exact) mass is 542 g/mol. The second-order valence-corrected chi connectivity index (χ2v) is 9.41. The summed E-state index contributed by atoms with van der Waals surface area (Å²) in [5.41, 5.74) is 3.43. The zero-order valence-corrected chi connectivity index (χ0v) is 22.7. The molecular formula is C32H26N6O3. The summed E-state index contributed by atoms with van der Waals surface area (Å²) in [4.78, 5) is 26.0. The molecule has 0 aliphatic rings. The Labute approximate surface area is 236 Å². The Kier molecular flexibility index (Phi) is 7.15. The van der Waals surface area contributed by atoms with Gasteiger partial charge in [-0.1, -0.05) is 24.3 Å². The van der Waals surface area contributed by atoms with E-state index in [4.69, 9.17) is 15.1 Å². The molecule has 202 valence electrons. The molecule has 9 heteroatoms. The Morgan fingerprint density at radius 1 is 0.976 bits per heavy atom. The van der Waals surface area contributed by atoms with Crippen LogP contribution in [0.1, 0.15) is 41.2 Å². The van der Waals surface area contributed by atoms with Crippen LogP contribution in [0.4, 0.5) is 0 Å². The summed E-state index contributed by atoms with van der Waals surface area (Å²) in [7, 11) is 1.33. The summed E-state index contributed by atoms with van der Waals surface area (Å²) in [5.74, 6) is -0.465. The Bertz CT molecular complexity index is 1790. The minimum absolute atomic E-state index is 0.0172. The number of esters is 1. The number of aromatic nitrogens is 4. The van der Waals surface area contributed by atoms with Crippen LogP contribution in [0.2, 0.25) is 0 Å². The van der Waals surface area contributed by atoms with Crippen molar-refractivity contribution < 1.29 is 14.6 Å². The van der Waals surface area contributed by atoms with E-state index in [-0.39, 0.29) is 11.5 Å². The van der Waals surface area contributed by atoms with Crippen LogP contribution in [0.3, 0.4) is 0 Å². The van der Waals surface area contributed by atoms with Gasteiger partial charge in [0.05, 0.1) is 40.9 Å². The van der Waals surface area contributed by atoms with Gasteiger partial charge >= 0.3 is 5.97 Å². The molecule has 0 spiro atoms. The lowest BCUT2D eigenvalue weighted by molar-refractivity contribution is 0.0600. The van der Waals surface area contributed by atoms with Gasteiger partial charge < -0.3 is 19.8 Å². The van der Waals surface area contributed by atoms with Crippen molar-refractivity contribution in [3.63, 3.8) is 0 Å². The summed E-state index contributed by atoms with van der Waals surface area (Å²) < 4.78 is 6.63. The van der Waals surface area contributed by atoms with Gasteiger partial charge in [-0.3, -0.25) is 15.0 Å². The number of methoxy groups -OCH3 is 1. The van der Waals surface area contributed by atoms with Crippen molar-refractivity contribution in [2.45, 2.75) is 19.4 Å². The van der Waals surface area contributed by atoms with Gasteiger partial charge in [-0.25, -0.2) is 4.79 Å².